The van der Waals surface area contributed by atoms with Crippen LogP contribution in [0.5, 0.6) is 0 Å². The third-order valence-electron chi connectivity index (χ3n) is 7.66. The minimum absolute atomic E-state index is 0.0175. The highest BCUT2D eigenvalue weighted by Crippen LogP contribution is 2.44. The van der Waals surface area contributed by atoms with Crippen molar-refractivity contribution in [3.8, 4) is 11.1 Å². The molecule has 2 saturated carbocycles. The average Bonchev–Trinajstić information content (AvgIpc) is 3.55. The molecule has 0 saturated heterocycles. The molecule has 5 rings (SSSR count). The topological polar surface area (TPSA) is 105 Å². The molecule has 3 aliphatic rings. The molecule has 2 fully saturated rings. The zero-order chi connectivity index (χ0) is 23.7. The Labute approximate surface area is 198 Å². The fraction of sp³-hybridized carbons (Fsp3) is 0.444. The summed E-state index contributed by atoms with van der Waals surface area (Å²) < 4.78 is 5.65. The van der Waals surface area contributed by atoms with E-state index in [1.165, 1.54) is 11.1 Å². The van der Waals surface area contributed by atoms with Crippen LogP contribution in [0.15, 0.2) is 48.5 Å². The zero-order valence-corrected chi connectivity index (χ0v) is 19.0. The molecular formula is C27H30N2O5. The van der Waals surface area contributed by atoms with Gasteiger partial charge < -0.3 is 20.5 Å². The van der Waals surface area contributed by atoms with Gasteiger partial charge in [0.1, 0.15) is 6.61 Å². The number of benzene rings is 2. The number of carbonyl (C=O) groups excluding carboxylic acids is 2. The fourth-order valence-corrected chi connectivity index (χ4v) is 5.96. The molecule has 2 aromatic carbocycles. The van der Waals surface area contributed by atoms with Gasteiger partial charge >= 0.3 is 12.1 Å². The van der Waals surface area contributed by atoms with E-state index >= 15 is 0 Å². The van der Waals surface area contributed by atoms with Crippen molar-refractivity contribution in [1.82, 2.24) is 10.6 Å². The van der Waals surface area contributed by atoms with Crippen LogP contribution in [-0.4, -0.2) is 41.8 Å². The maximum absolute atomic E-state index is 12.9. The monoisotopic (exact) mass is 462 g/mol. The maximum atomic E-state index is 12.9. The lowest BCUT2D eigenvalue weighted by atomic mass is 9.98. The minimum Gasteiger partial charge on any atom is -0.481 e. The van der Waals surface area contributed by atoms with Gasteiger partial charge in [-0.1, -0.05) is 61.4 Å². The lowest BCUT2D eigenvalue weighted by molar-refractivity contribution is -0.142. The normalized spacial score (nSPS) is 25.4. The van der Waals surface area contributed by atoms with Crippen LogP contribution in [0.25, 0.3) is 11.1 Å². The van der Waals surface area contributed by atoms with Gasteiger partial charge in [0.05, 0.1) is 11.8 Å². The zero-order valence-electron chi connectivity index (χ0n) is 19.0. The smallest absolute Gasteiger partial charge is 0.407 e. The van der Waals surface area contributed by atoms with Gasteiger partial charge in [-0.2, -0.15) is 0 Å². The number of aliphatic carboxylic acids is 1. The Morgan fingerprint density at radius 3 is 1.97 bits per heavy atom. The first-order valence-electron chi connectivity index (χ1n) is 12.2. The Balaban J connectivity index is 1.19. The first-order valence-corrected chi connectivity index (χ1v) is 12.2. The summed E-state index contributed by atoms with van der Waals surface area (Å²) in [6, 6.07) is 15.7. The number of nitrogens with one attached hydrogen (secondary N) is 2. The summed E-state index contributed by atoms with van der Waals surface area (Å²) in [6.45, 7) is 0.228. The highest BCUT2D eigenvalue weighted by atomic mass is 16.5. The second-order valence-electron chi connectivity index (χ2n) is 9.60. The van der Waals surface area contributed by atoms with Crippen LogP contribution in [0.4, 0.5) is 4.79 Å². The Hall–Kier alpha value is -3.35. The molecule has 0 heterocycles. The van der Waals surface area contributed by atoms with Gasteiger partial charge in [-0.05, 0) is 47.9 Å². The Morgan fingerprint density at radius 1 is 0.794 bits per heavy atom. The molecule has 34 heavy (non-hydrogen) atoms. The summed E-state index contributed by atoms with van der Waals surface area (Å²) in [5.74, 6) is -1.94. The number of hydrogen-bond acceptors (Lipinski definition) is 4. The summed E-state index contributed by atoms with van der Waals surface area (Å²) in [4.78, 5) is 37.0. The second-order valence-corrected chi connectivity index (χ2v) is 9.60. The van der Waals surface area contributed by atoms with Crippen molar-refractivity contribution in [3.05, 3.63) is 59.7 Å². The quantitative estimate of drug-likeness (QED) is 0.600. The van der Waals surface area contributed by atoms with E-state index in [4.69, 9.17) is 4.74 Å². The molecule has 178 valence electrons. The molecule has 2 unspecified atom stereocenters. The van der Waals surface area contributed by atoms with Gasteiger partial charge in [-0.15, -0.1) is 0 Å². The number of alkyl carbamates (subject to hydrolysis) is 1. The van der Waals surface area contributed by atoms with E-state index in [1.807, 2.05) is 24.3 Å². The van der Waals surface area contributed by atoms with Crippen LogP contribution in [0.3, 0.4) is 0 Å². The molecule has 4 atom stereocenters. The van der Waals surface area contributed by atoms with Crippen molar-refractivity contribution in [2.45, 2.75) is 56.5 Å². The van der Waals surface area contributed by atoms with E-state index in [-0.39, 0.29) is 36.4 Å². The lowest BCUT2D eigenvalue weighted by Gasteiger charge is -2.24. The highest BCUT2D eigenvalue weighted by Gasteiger charge is 2.39. The SMILES string of the molecule is O=C(NC1CCCC1C(=O)N[C@H]1CCC[C@H]1C(=O)O)OCC1c2ccccc2-c2ccccc21. The summed E-state index contributed by atoms with van der Waals surface area (Å²) in [6.07, 6.45) is 3.76. The van der Waals surface area contributed by atoms with Gasteiger partial charge in [-0.25, -0.2) is 4.79 Å². The average molecular weight is 463 g/mol. The standard InChI is InChI=1S/C27H30N2O5/c30-25(28-24-14-6-12-21(24)26(31)32)20-11-5-13-23(20)29-27(33)34-15-22-18-9-3-1-7-16(18)17-8-2-4-10-19(17)22/h1-4,7-10,20-24H,5-6,11-15H2,(H,28,30)(H,29,33)(H,31,32)/t20?,21-,23?,24+/m1/s1. The van der Waals surface area contributed by atoms with E-state index < -0.39 is 18.0 Å². The van der Waals surface area contributed by atoms with Crippen molar-refractivity contribution in [3.63, 3.8) is 0 Å². The van der Waals surface area contributed by atoms with Crippen molar-refractivity contribution in [2.24, 2.45) is 11.8 Å². The Morgan fingerprint density at radius 2 is 1.35 bits per heavy atom. The number of carboxylic acids is 1. The molecule has 2 aromatic rings. The van der Waals surface area contributed by atoms with Crippen molar-refractivity contribution >= 4 is 18.0 Å². The highest BCUT2D eigenvalue weighted by molar-refractivity contribution is 5.82. The number of amides is 2. The summed E-state index contributed by atoms with van der Waals surface area (Å²) in [5, 5.41) is 15.2. The molecule has 0 spiro atoms. The Bertz CT molecular complexity index is 1050. The van der Waals surface area contributed by atoms with Crippen LogP contribution in [0.2, 0.25) is 0 Å². The number of ether oxygens (including phenoxy) is 1. The third-order valence-corrected chi connectivity index (χ3v) is 7.66. The lowest BCUT2D eigenvalue weighted by Crippen LogP contribution is -2.48. The van der Waals surface area contributed by atoms with Crippen molar-refractivity contribution < 1.29 is 24.2 Å². The van der Waals surface area contributed by atoms with Gasteiger partial charge in [0.25, 0.3) is 0 Å². The number of hydrogen-bond donors (Lipinski definition) is 3. The molecule has 0 aliphatic heterocycles. The first kappa shape index (κ1) is 22.4. The second kappa shape index (κ2) is 9.49. The molecule has 0 bridgehead atoms. The molecule has 7 heteroatoms. The number of carbonyl (C=O) groups is 3. The molecule has 0 radical (unpaired) electrons. The van der Waals surface area contributed by atoms with Gasteiger partial charge in [-0.3, -0.25) is 9.59 Å². The summed E-state index contributed by atoms with van der Waals surface area (Å²) in [5.41, 5.74) is 4.65. The van der Waals surface area contributed by atoms with E-state index in [0.29, 0.717) is 25.7 Å². The van der Waals surface area contributed by atoms with Crippen LogP contribution in [0, 0.1) is 11.8 Å². The van der Waals surface area contributed by atoms with E-state index in [9.17, 15) is 19.5 Å². The predicted octanol–water partition coefficient (Wildman–Crippen LogP) is 4.06. The number of carboxylic acid groups (broad SMARTS) is 1. The number of rotatable bonds is 6. The third kappa shape index (κ3) is 4.27. The van der Waals surface area contributed by atoms with Crippen molar-refractivity contribution in [1.29, 1.82) is 0 Å². The predicted molar refractivity (Wildman–Crippen MR) is 126 cm³/mol. The summed E-state index contributed by atoms with van der Waals surface area (Å²) in [7, 11) is 0. The molecule has 2 amide bonds. The van der Waals surface area contributed by atoms with E-state index in [2.05, 4.69) is 34.9 Å². The van der Waals surface area contributed by atoms with Crippen molar-refractivity contribution in [2.75, 3.05) is 6.61 Å². The van der Waals surface area contributed by atoms with Crippen LogP contribution in [0.1, 0.15) is 55.6 Å². The van der Waals surface area contributed by atoms with Gasteiger partial charge in [0.2, 0.25) is 5.91 Å². The van der Waals surface area contributed by atoms with E-state index in [0.717, 1.165) is 24.0 Å². The molecule has 7 nitrogen and oxygen atoms in total. The number of fused-ring (bicyclic) bond motifs is 3. The van der Waals surface area contributed by atoms with Crippen LogP contribution in [-0.2, 0) is 14.3 Å². The molecule has 3 aliphatic carbocycles. The Kier molecular flexibility index (Phi) is 6.26. The fourth-order valence-electron chi connectivity index (χ4n) is 5.96. The molecule has 0 aromatic heterocycles. The molecule has 3 N–H and O–H groups in total. The van der Waals surface area contributed by atoms with E-state index in [1.54, 1.807) is 0 Å². The van der Waals surface area contributed by atoms with Crippen LogP contribution >= 0.6 is 0 Å². The molecular weight excluding hydrogens is 432 g/mol. The van der Waals surface area contributed by atoms with Crippen LogP contribution < -0.4 is 10.6 Å². The maximum Gasteiger partial charge on any atom is 0.407 e. The minimum atomic E-state index is -0.859. The largest absolute Gasteiger partial charge is 0.481 e. The first-order chi connectivity index (χ1) is 16.5. The van der Waals surface area contributed by atoms with Gasteiger partial charge in [0.15, 0.2) is 0 Å². The van der Waals surface area contributed by atoms with Gasteiger partial charge in [0, 0.05) is 18.0 Å². The summed E-state index contributed by atoms with van der Waals surface area (Å²) >= 11 is 0.